The first-order chi connectivity index (χ1) is 6.86. The van der Waals surface area contributed by atoms with Crippen LogP contribution in [0.3, 0.4) is 0 Å². The molecule has 0 aliphatic rings. The van der Waals surface area contributed by atoms with Gasteiger partial charge in [0.05, 0.1) is 6.04 Å². The van der Waals surface area contributed by atoms with Gasteiger partial charge in [0.25, 0.3) is 0 Å². The first-order valence-electron chi connectivity index (χ1n) is 4.40. The van der Waals surface area contributed by atoms with E-state index in [4.69, 9.17) is 0 Å². The van der Waals surface area contributed by atoms with Crippen molar-refractivity contribution in [2.75, 3.05) is 5.32 Å². The van der Waals surface area contributed by atoms with Crippen molar-refractivity contribution >= 4 is 5.82 Å². The van der Waals surface area contributed by atoms with Gasteiger partial charge < -0.3 is 10.3 Å². The molecule has 0 spiro atoms. The van der Waals surface area contributed by atoms with Gasteiger partial charge in [-0.05, 0) is 19.1 Å². The Balaban J connectivity index is 2.06. The highest BCUT2D eigenvalue weighted by molar-refractivity contribution is 5.33. The van der Waals surface area contributed by atoms with E-state index in [1.54, 1.807) is 18.6 Å². The summed E-state index contributed by atoms with van der Waals surface area (Å²) in [6, 6.07) is 3.80. The lowest BCUT2D eigenvalue weighted by Gasteiger charge is -2.10. The molecule has 0 amide bonds. The monoisotopic (exact) mass is 189 g/mol. The van der Waals surface area contributed by atoms with Gasteiger partial charge in [-0.25, -0.2) is 4.98 Å². The van der Waals surface area contributed by atoms with Crippen molar-refractivity contribution in [2.24, 2.45) is 0 Å². The minimum Gasteiger partial charge on any atom is -0.359 e. The van der Waals surface area contributed by atoms with Crippen molar-refractivity contribution in [3.05, 3.63) is 36.5 Å². The first kappa shape index (κ1) is 8.68. The normalized spacial score (nSPS) is 12.4. The van der Waals surface area contributed by atoms with E-state index in [0.717, 1.165) is 11.6 Å². The molecule has 0 bridgehead atoms. The number of anilines is 1. The van der Waals surface area contributed by atoms with Gasteiger partial charge in [-0.1, -0.05) is 0 Å². The van der Waals surface area contributed by atoms with E-state index in [9.17, 15) is 0 Å². The van der Waals surface area contributed by atoms with E-state index in [1.165, 1.54) is 0 Å². The Morgan fingerprint density at radius 2 is 2.36 bits per heavy atom. The van der Waals surface area contributed by atoms with Crippen LogP contribution in [0.4, 0.5) is 5.82 Å². The number of imidazole rings is 1. The zero-order valence-electron chi connectivity index (χ0n) is 7.81. The summed E-state index contributed by atoms with van der Waals surface area (Å²) >= 11 is 0. The smallest absolute Gasteiger partial charge is 0.149 e. The second kappa shape index (κ2) is 3.87. The minimum absolute atomic E-state index is 0.0988. The number of aromatic nitrogens is 4. The van der Waals surface area contributed by atoms with Crippen LogP contribution in [0.15, 0.2) is 30.7 Å². The second-order valence-corrected chi connectivity index (χ2v) is 2.95. The topological polar surface area (TPSA) is 66.5 Å². The summed E-state index contributed by atoms with van der Waals surface area (Å²) in [5, 5.41) is 10.9. The number of nitrogens with zero attached hydrogens (tertiary/aromatic N) is 3. The lowest BCUT2D eigenvalue weighted by Crippen LogP contribution is -2.09. The molecule has 2 aromatic rings. The summed E-state index contributed by atoms with van der Waals surface area (Å²) in [5.41, 5.74) is 0. The SMILES string of the molecule is CC(Nc1cccnn1)c1ncc[nH]1. The highest BCUT2D eigenvalue weighted by atomic mass is 15.2. The zero-order valence-corrected chi connectivity index (χ0v) is 7.81. The molecule has 2 heterocycles. The van der Waals surface area contributed by atoms with Crippen LogP contribution < -0.4 is 5.32 Å². The quantitative estimate of drug-likeness (QED) is 0.765. The van der Waals surface area contributed by atoms with Gasteiger partial charge in [-0.2, -0.15) is 5.10 Å². The second-order valence-electron chi connectivity index (χ2n) is 2.95. The van der Waals surface area contributed by atoms with E-state index in [-0.39, 0.29) is 6.04 Å². The largest absolute Gasteiger partial charge is 0.359 e. The summed E-state index contributed by atoms with van der Waals surface area (Å²) in [7, 11) is 0. The molecule has 0 aromatic carbocycles. The van der Waals surface area contributed by atoms with Crippen LogP contribution in [0, 0.1) is 0 Å². The van der Waals surface area contributed by atoms with Gasteiger partial charge in [-0.3, -0.25) is 0 Å². The maximum atomic E-state index is 4.15. The van der Waals surface area contributed by atoms with Crippen LogP contribution in [0.25, 0.3) is 0 Å². The summed E-state index contributed by atoms with van der Waals surface area (Å²) < 4.78 is 0. The average molecular weight is 189 g/mol. The highest BCUT2D eigenvalue weighted by Crippen LogP contribution is 2.12. The fraction of sp³-hybridized carbons (Fsp3) is 0.222. The fourth-order valence-corrected chi connectivity index (χ4v) is 1.18. The van der Waals surface area contributed by atoms with Crippen molar-refractivity contribution in [3.63, 3.8) is 0 Å². The third-order valence-corrected chi connectivity index (χ3v) is 1.87. The average Bonchev–Trinajstić information content (AvgIpc) is 2.72. The fourth-order valence-electron chi connectivity index (χ4n) is 1.18. The predicted octanol–water partition coefficient (Wildman–Crippen LogP) is 1.37. The number of hydrogen-bond acceptors (Lipinski definition) is 4. The van der Waals surface area contributed by atoms with Crippen molar-refractivity contribution in [2.45, 2.75) is 13.0 Å². The van der Waals surface area contributed by atoms with Gasteiger partial charge in [-0.15, -0.1) is 5.10 Å². The van der Waals surface area contributed by atoms with Crippen molar-refractivity contribution in [1.29, 1.82) is 0 Å². The molecule has 0 radical (unpaired) electrons. The molecular formula is C9H11N5. The van der Waals surface area contributed by atoms with Crippen molar-refractivity contribution in [3.8, 4) is 0 Å². The Morgan fingerprint density at radius 3 is 3.00 bits per heavy atom. The maximum absolute atomic E-state index is 4.15. The highest BCUT2D eigenvalue weighted by Gasteiger charge is 2.07. The molecule has 0 saturated carbocycles. The Hall–Kier alpha value is -1.91. The third-order valence-electron chi connectivity index (χ3n) is 1.87. The molecule has 0 aliphatic carbocycles. The summed E-state index contributed by atoms with van der Waals surface area (Å²) in [4.78, 5) is 7.18. The summed E-state index contributed by atoms with van der Waals surface area (Å²) in [5.74, 6) is 1.63. The Bertz CT molecular complexity index is 369. The third kappa shape index (κ3) is 1.87. The Morgan fingerprint density at radius 1 is 1.43 bits per heavy atom. The van der Waals surface area contributed by atoms with E-state index in [1.807, 2.05) is 19.1 Å². The minimum atomic E-state index is 0.0988. The number of rotatable bonds is 3. The molecule has 2 rings (SSSR count). The Labute approximate surface area is 81.6 Å². The molecular weight excluding hydrogens is 178 g/mol. The van der Waals surface area contributed by atoms with Gasteiger partial charge in [0.1, 0.15) is 11.6 Å². The van der Waals surface area contributed by atoms with Gasteiger partial charge in [0.2, 0.25) is 0 Å². The van der Waals surface area contributed by atoms with E-state index in [0.29, 0.717) is 0 Å². The molecule has 1 unspecified atom stereocenters. The van der Waals surface area contributed by atoms with Crippen LogP contribution in [-0.4, -0.2) is 20.2 Å². The molecule has 0 fully saturated rings. The maximum Gasteiger partial charge on any atom is 0.149 e. The standard InChI is InChI=1S/C9H11N5/c1-7(9-10-5-6-11-9)13-8-3-2-4-12-14-8/h2-7H,1H3,(H,10,11)(H,13,14). The summed E-state index contributed by atoms with van der Waals surface area (Å²) in [6.07, 6.45) is 5.16. The number of nitrogens with one attached hydrogen (secondary N) is 2. The van der Waals surface area contributed by atoms with Crippen LogP contribution in [0.5, 0.6) is 0 Å². The van der Waals surface area contributed by atoms with Crippen LogP contribution >= 0.6 is 0 Å². The molecule has 2 aromatic heterocycles. The number of H-pyrrole nitrogens is 1. The van der Waals surface area contributed by atoms with Crippen molar-refractivity contribution < 1.29 is 0 Å². The number of aromatic amines is 1. The van der Waals surface area contributed by atoms with E-state index < -0.39 is 0 Å². The molecule has 2 N–H and O–H groups in total. The van der Waals surface area contributed by atoms with E-state index in [2.05, 4.69) is 25.5 Å². The van der Waals surface area contributed by atoms with Crippen LogP contribution in [-0.2, 0) is 0 Å². The molecule has 5 nitrogen and oxygen atoms in total. The number of hydrogen-bond donors (Lipinski definition) is 2. The van der Waals surface area contributed by atoms with Gasteiger partial charge in [0, 0.05) is 18.6 Å². The van der Waals surface area contributed by atoms with Crippen LogP contribution in [0.1, 0.15) is 18.8 Å². The molecule has 72 valence electrons. The van der Waals surface area contributed by atoms with E-state index >= 15 is 0 Å². The molecule has 14 heavy (non-hydrogen) atoms. The molecule has 1 atom stereocenters. The summed E-state index contributed by atoms with van der Waals surface area (Å²) in [6.45, 7) is 2.01. The zero-order chi connectivity index (χ0) is 9.80. The molecule has 5 heteroatoms. The van der Waals surface area contributed by atoms with Gasteiger partial charge >= 0.3 is 0 Å². The molecule has 0 aliphatic heterocycles. The van der Waals surface area contributed by atoms with Crippen molar-refractivity contribution in [1.82, 2.24) is 20.2 Å². The lowest BCUT2D eigenvalue weighted by molar-refractivity contribution is 0.797. The van der Waals surface area contributed by atoms with Gasteiger partial charge in [0.15, 0.2) is 0 Å². The van der Waals surface area contributed by atoms with Crippen LogP contribution in [0.2, 0.25) is 0 Å². The lowest BCUT2D eigenvalue weighted by atomic mass is 10.3. The predicted molar refractivity (Wildman–Crippen MR) is 52.7 cm³/mol. The Kier molecular flexibility index (Phi) is 2.40. The first-order valence-corrected chi connectivity index (χ1v) is 4.40. The molecule has 0 saturated heterocycles.